The van der Waals surface area contributed by atoms with Crippen LogP contribution in [0.5, 0.6) is 5.75 Å². The van der Waals surface area contributed by atoms with Crippen LogP contribution in [0.4, 0.5) is 0 Å². The number of piperidine rings is 1. The van der Waals surface area contributed by atoms with Crippen molar-refractivity contribution < 1.29 is 4.74 Å². The molecule has 2 aliphatic rings. The molecular formula is C16H24N2O. The maximum atomic E-state index is 5.21. The Morgan fingerprint density at radius 1 is 1.11 bits per heavy atom. The Bertz CT molecular complexity index is 404. The van der Waals surface area contributed by atoms with Gasteiger partial charge in [0.05, 0.1) is 7.11 Å². The molecule has 3 rings (SSSR count). The van der Waals surface area contributed by atoms with Crippen LogP contribution in [0.3, 0.4) is 0 Å². The zero-order valence-corrected chi connectivity index (χ0v) is 11.8. The second-order valence-electron chi connectivity index (χ2n) is 5.77. The van der Waals surface area contributed by atoms with E-state index in [1.54, 1.807) is 7.11 Å². The lowest BCUT2D eigenvalue weighted by atomic mass is 9.99. The molecule has 2 heterocycles. The van der Waals surface area contributed by atoms with Gasteiger partial charge in [-0.05, 0) is 37.1 Å². The summed E-state index contributed by atoms with van der Waals surface area (Å²) in [5.41, 5.74) is 1.39. The summed E-state index contributed by atoms with van der Waals surface area (Å²) in [5.74, 6) is 0.945. The highest BCUT2D eigenvalue weighted by Crippen LogP contribution is 2.22. The summed E-state index contributed by atoms with van der Waals surface area (Å²) in [6, 6.07) is 9.30. The first-order chi connectivity index (χ1) is 9.35. The zero-order valence-electron chi connectivity index (χ0n) is 11.8. The predicted octanol–water partition coefficient (Wildman–Crippen LogP) is 2.37. The normalized spacial score (nSPS) is 25.0. The van der Waals surface area contributed by atoms with E-state index in [-0.39, 0.29) is 0 Å². The monoisotopic (exact) mass is 260 g/mol. The molecule has 2 fully saturated rings. The van der Waals surface area contributed by atoms with Crippen LogP contribution >= 0.6 is 0 Å². The lowest BCUT2D eigenvalue weighted by Gasteiger charge is -2.44. The molecule has 19 heavy (non-hydrogen) atoms. The van der Waals surface area contributed by atoms with Gasteiger partial charge in [-0.15, -0.1) is 0 Å². The van der Waals surface area contributed by atoms with Crippen LogP contribution in [0.15, 0.2) is 24.3 Å². The van der Waals surface area contributed by atoms with Gasteiger partial charge in [-0.3, -0.25) is 9.80 Å². The lowest BCUT2D eigenvalue weighted by Crippen LogP contribution is -2.54. The van der Waals surface area contributed by atoms with Crippen LogP contribution in [0.2, 0.25) is 0 Å². The van der Waals surface area contributed by atoms with Crippen molar-refractivity contribution >= 4 is 0 Å². The van der Waals surface area contributed by atoms with E-state index in [1.165, 1.54) is 51.0 Å². The average molecular weight is 260 g/mol. The number of nitrogens with zero attached hydrogens (tertiary/aromatic N) is 2. The van der Waals surface area contributed by atoms with E-state index in [1.807, 2.05) is 0 Å². The third-order valence-corrected chi connectivity index (χ3v) is 4.49. The molecule has 0 radical (unpaired) electrons. The standard InChI is InChI=1S/C16H24N2O/c1-19-16-7-5-14(6-8-16)12-17-10-11-18-9-3-2-4-15(18)13-17/h5-8,15H,2-4,9-13H2,1H3. The van der Waals surface area contributed by atoms with E-state index in [2.05, 4.69) is 34.1 Å². The van der Waals surface area contributed by atoms with E-state index in [4.69, 9.17) is 4.74 Å². The quantitative estimate of drug-likeness (QED) is 0.830. The molecule has 0 amide bonds. The molecule has 1 unspecified atom stereocenters. The molecule has 0 saturated carbocycles. The SMILES string of the molecule is COc1ccc(CN2CCN3CCCCC3C2)cc1. The van der Waals surface area contributed by atoms with Crippen molar-refractivity contribution in [3.05, 3.63) is 29.8 Å². The number of rotatable bonds is 3. The second-order valence-corrected chi connectivity index (χ2v) is 5.77. The minimum Gasteiger partial charge on any atom is -0.497 e. The number of benzene rings is 1. The molecule has 1 aromatic carbocycles. The van der Waals surface area contributed by atoms with Crippen molar-refractivity contribution in [3.8, 4) is 5.75 Å². The largest absolute Gasteiger partial charge is 0.497 e. The summed E-state index contributed by atoms with van der Waals surface area (Å²) in [6.07, 6.45) is 4.20. The van der Waals surface area contributed by atoms with E-state index < -0.39 is 0 Å². The van der Waals surface area contributed by atoms with Gasteiger partial charge < -0.3 is 4.74 Å². The number of hydrogen-bond donors (Lipinski definition) is 0. The summed E-state index contributed by atoms with van der Waals surface area (Å²) in [4.78, 5) is 5.29. The second kappa shape index (κ2) is 5.93. The number of piperazine rings is 1. The van der Waals surface area contributed by atoms with Gasteiger partial charge in [0, 0.05) is 32.2 Å². The number of methoxy groups -OCH3 is 1. The van der Waals surface area contributed by atoms with Gasteiger partial charge in [0.25, 0.3) is 0 Å². The molecule has 2 aliphatic heterocycles. The van der Waals surface area contributed by atoms with E-state index in [0.717, 1.165) is 18.3 Å². The molecule has 1 atom stereocenters. The Morgan fingerprint density at radius 2 is 1.95 bits per heavy atom. The van der Waals surface area contributed by atoms with Crippen molar-refractivity contribution in [1.29, 1.82) is 0 Å². The highest BCUT2D eigenvalue weighted by atomic mass is 16.5. The highest BCUT2D eigenvalue weighted by molar-refractivity contribution is 5.27. The molecule has 0 aliphatic carbocycles. The summed E-state index contributed by atoms with van der Waals surface area (Å²) in [7, 11) is 1.72. The van der Waals surface area contributed by atoms with Crippen molar-refractivity contribution in [2.75, 3.05) is 33.3 Å². The number of fused-ring (bicyclic) bond motifs is 1. The first-order valence-electron chi connectivity index (χ1n) is 7.44. The molecule has 2 saturated heterocycles. The van der Waals surface area contributed by atoms with Gasteiger partial charge in [-0.1, -0.05) is 18.6 Å². The van der Waals surface area contributed by atoms with Crippen LogP contribution in [0.25, 0.3) is 0 Å². The molecule has 1 aromatic rings. The molecule has 0 bridgehead atoms. The maximum Gasteiger partial charge on any atom is 0.118 e. The fourth-order valence-corrected chi connectivity index (χ4v) is 3.35. The van der Waals surface area contributed by atoms with Crippen molar-refractivity contribution in [2.45, 2.75) is 31.8 Å². The summed E-state index contributed by atoms with van der Waals surface area (Å²) in [6.45, 7) is 6.10. The number of ether oxygens (including phenoxy) is 1. The maximum absolute atomic E-state index is 5.21. The van der Waals surface area contributed by atoms with Gasteiger partial charge in [-0.25, -0.2) is 0 Å². The van der Waals surface area contributed by atoms with Crippen LogP contribution in [-0.4, -0.2) is 49.1 Å². The van der Waals surface area contributed by atoms with Gasteiger partial charge in [0.1, 0.15) is 5.75 Å². The van der Waals surface area contributed by atoms with Gasteiger partial charge in [0.15, 0.2) is 0 Å². The fraction of sp³-hybridized carbons (Fsp3) is 0.625. The summed E-state index contributed by atoms with van der Waals surface area (Å²) >= 11 is 0. The predicted molar refractivity (Wildman–Crippen MR) is 77.5 cm³/mol. The third-order valence-electron chi connectivity index (χ3n) is 4.49. The molecular weight excluding hydrogens is 236 g/mol. The van der Waals surface area contributed by atoms with Crippen molar-refractivity contribution in [1.82, 2.24) is 9.80 Å². The minimum atomic E-state index is 0.806. The Labute approximate surface area is 116 Å². The average Bonchev–Trinajstić information content (AvgIpc) is 2.48. The van der Waals surface area contributed by atoms with Gasteiger partial charge in [-0.2, -0.15) is 0 Å². The van der Waals surface area contributed by atoms with Crippen LogP contribution in [0.1, 0.15) is 24.8 Å². The van der Waals surface area contributed by atoms with Gasteiger partial charge in [0.2, 0.25) is 0 Å². The zero-order chi connectivity index (χ0) is 13.1. The lowest BCUT2D eigenvalue weighted by molar-refractivity contribution is 0.0457. The van der Waals surface area contributed by atoms with E-state index >= 15 is 0 Å². The van der Waals surface area contributed by atoms with E-state index in [0.29, 0.717) is 0 Å². The molecule has 3 heteroatoms. The molecule has 104 valence electrons. The molecule has 0 spiro atoms. The summed E-state index contributed by atoms with van der Waals surface area (Å²) < 4.78 is 5.21. The first-order valence-corrected chi connectivity index (χ1v) is 7.44. The third kappa shape index (κ3) is 3.10. The Hall–Kier alpha value is -1.06. The Kier molecular flexibility index (Phi) is 4.04. The van der Waals surface area contributed by atoms with Crippen LogP contribution in [0, 0.1) is 0 Å². The van der Waals surface area contributed by atoms with E-state index in [9.17, 15) is 0 Å². The fourth-order valence-electron chi connectivity index (χ4n) is 3.35. The summed E-state index contributed by atoms with van der Waals surface area (Å²) in [5, 5.41) is 0. The Balaban J connectivity index is 1.57. The van der Waals surface area contributed by atoms with Crippen molar-refractivity contribution in [2.24, 2.45) is 0 Å². The van der Waals surface area contributed by atoms with Gasteiger partial charge >= 0.3 is 0 Å². The highest BCUT2D eigenvalue weighted by Gasteiger charge is 2.28. The topological polar surface area (TPSA) is 15.7 Å². The Morgan fingerprint density at radius 3 is 2.74 bits per heavy atom. The number of hydrogen-bond acceptors (Lipinski definition) is 3. The molecule has 0 aromatic heterocycles. The smallest absolute Gasteiger partial charge is 0.118 e. The van der Waals surface area contributed by atoms with Crippen LogP contribution in [-0.2, 0) is 6.54 Å². The first kappa shape index (κ1) is 12.9. The van der Waals surface area contributed by atoms with Crippen molar-refractivity contribution in [3.63, 3.8) is 0 Å². The minimum absolute atomic E-state index is 0.806. The molecule has 0 N–H and O–H groups in total. The molecule has 3 nitrogen and oxygen atoms in total. The van der Waals surface area contributed by atoms with Crippen LogP contribution < -0.4 is 4.74 Å².